The average Bonchev–Trinajstić information content (AvgIpc) is 3.22. The van der Waals surface area contributed by atoms with Crippen molar-refractivity contribution >= 4 is 45.7 Å². The molecule has 2 atom stereocenters. The molecule has 0 aliphatic carbocycles. The molecular formula is C22H23ClFN5O2S. The Morgan fingerprint density at radius 2 is 1.94 bits per heavy atom. The Balaban J connectivity index is 1.68. The molecule has 0 spiro atoms. The second-order valence-electron chi connectivity index (χ2n) is 7.36. The van der Waals surface area contributed by atoms with Gasteiger partial charge in [0.2, 0.25) is 11.0 Å². The Morgan fingerprint density at radius 1 is 1.16 bits per heavy atom. The summed E-state index contributed by atoms with van der Waals surface area (Å²) >= 11 is 7.00. The van der Waals surface area contributed by atoms with Gasteiger partial charge in [0, 0.05) is 11.3 Å². The summed E-state index contributed by atoms with van der Waals surface area (Å²) in [4.78, 5) is 25.4. The Bertz CT molecular complexity index is 1120. The van der Waals surface area contributed by atoms with Crippen LogP contribution >= 0.6 is 22.9 Å². The fourth-order valence-electron chi connectivity index (χ4n) is 2.94. The number of anilines is 2. The van der Waals surface area contributed by atoms with Gasteiger partial charge in [0.1, 0.15) is 16.9 Å². The zero-order valence-corrected chi connectivity index (χ0v) is 19.4. The monoisotopic (exact) mass is 475 g/mol. The first-order valence-corrected chi connectivity index (χ1v) is 11.2. The van der Waals surface area contributed by atoms with Crippen LogP contribution in [0, 0.1) is 18.7 Å². The number of benzene rings is 2. The zero-order chi connectivity index (χ0) is 23.3. The van der Waals surface area contributed by atoms with Gasteiger partial charge in [0.25, 0.3) is 0 Å². The smallest absolute Gasteiger partial charge is 0.319 e. The van der Waals surface area contributed by atoms with Gasteiger partial charge in [-0.05, 0) is 37.1 Å². The van der Waals surface area contributed by atoms with Gasteiger partial charge in [0.05, 0.1) is 5.02 Å². The Kier molecular flexibility index (Phi) is 7.76. The minimum Gasteiger partial charge on any atom is -0.326 e. The summed E-state index contributed by atoms with van der Waals surface area (Å²) in [5.74, 6) is -1.14. The van der Waals surface area contributed by atoms with Gasteiger partial charge in [-0.2, -0.15) is 0 Å². The molecule has 0 bridgehead atoms. The molecule has 0 saturated heterocycles. The topological polar surface area (TPSA) is 96.0 Å². The predicted octanol–water partition coefficient (Wildman–Crippen LogP) is 5.48. The van der Waals surface area contributed by atoms with Gasteiger partial charge in [0.15, 0.2) is 0 Å². The van der Waals surface area contributed by atoms with Crippen molar-refractivity contribution in [3.63, 3.8) is 0 Å². The van der Waals surface area contributed by atoms with Crippen molar-refractivity contribution in [3.8, 4) is 10.6 Å². The van der Waals surface area contributed by atoms with E-state index in [0.717, 1.165) is 17.2 Å². The van der Waals surface area contributed by atoms with Crippen LogP contribution in [0.4, 0.5) is 20.0 Å². The molecule has 3 aromatic rings. The number of aryl methyl sites for hydroxylation is 1. The number of halogens is 2. The van der Waals surface area contributed by atoms with E-state index in [0.29, 0.717) is 22.2 Å². The van der Waals surface area contributed by atoms with Gasteiger partial charge in [-0.1, -0.05) is 67.0 Å². The number of aromatic nitrogens is 2. The van der Waals surface area contributed by atoms with E-state index in [2.05, 4.69) is 26.1 Å². The molecule has 0 unspecified atom stereocenters. The molecule has 1 aromatic heterocycles. The number of carbonyl (C=O) groups is 2. The normalized spacial score (nSPS) is 12.7. The number of nitrogens with zero attached hydrogens (tertiary/aromatic N) is 2. The summed E-state index contributed by atoms with van der Waals surface area (Å²) in [7, 11) is 0. The molecule has 0 fully saturated rings. The Morgan fingerprint density at radius 3 is 2.62 bits per heavy atom. The maximum Gasteiger partial charge on any atom is 0.319 e. The second-order valence-corrected chi connectivity index (χ2v) is 8.75. The van der Waals surface area contributed by atoms with Crippen molar-refractivity contribution in [2.24, 2.45) is 5.92 Å². The van der Waals surface area contributed by atoms with Crippen molar-refractivity contribution in [1.82, 2.24) is 15.5 Å². The lowest BCUT2D eigenvalue weighted by Crippen LogP contribution is -2.49. The standard InChI is InChI=1S/C22H23ClFN5O2S/c1-4-13(3)18(26-21(31)25-15-8-9-17(24)16(23)11-15)19(30)27-22-29-28-20(32-22)14-7-5-6-12(2)10-14/h5-11,13,18H,4H2,1-3H3,(H2,25,26,31)(H,27,29,30)/t13-,18-/m0/s1. The van der Waals surface area contributed by atoms with E-state index in [4.69, 9.17) is 11.6 Å². The van der Waals surface area contributed by atoms with E-state index < -0.39 is 23.8 Å². The van der Waals surface area contributed by atoms with Crippen LogP contribution in [-0.2, 0) is 4.79 Å². The molecule has 3 N–H and O–H groups in total. The number of nitrogens with one attached hydrogen (secondary N) is 3. The average molecular weight is 476 g/mol. The van der Waals surface area contributed by atoms with Crippen molar-refractivity contribution in [3.05, 3.63) is 58.9 Å². The highest BCUT2D eigenvalue weighted by Crippen LogP contribution is 2.27. The lowest BCUT2D eigenvalue weighted by Gasteiger charge is -2.23. The zero-order valence-electron chi connectivity index (χ0n) is 17.8. The van der Waals surface area contributed by atoms with E-state index in [-0.39, 0.29) is 10.9 Å². The van der Waals surface area contributed by atoms with Crippen molar-refractivity contribution in [1.29, 1.82) is 0 Å². The fraction of sp³-hybridized carbons (Fsp3) is 0.273. The largest absolute Gasteiger partial charge is 0.326 e. The summed E-state index contributed by atoms with van der Waals surface area (Å²) in [6.45, 7) is 5.77. The quantitative estimate of drug-likeness (QED) is 0.421. The molecule has 0 radical (unpaired) electrons. The maximum absolute atomic E-state index is 13.3. The van der Waals surface area contributed by atoms with Crippen molar-refractivity contribution in [2.45, 2.75) is 33.2 Å². The molecule has 0 saturated carbocycles. The first kappa shape index (κ1) is 23.6. The fourth-order valence-corrected chi connectivity index (χ4v) is 3.86. The molecule has 3 amide bonds. The Hall–Kier alpha value is -3.04. The van der Waals surface area contributed by atoms with Gasteiger partial charge in [-0.3, -0.25) is 10.1 Å². The number of hydrogen-bond donors (Lipinski definition) is 3. The van der Waals surface area contributed by atoms with E-state index in [1.165, 1.54) is 23.5 Å². The van der Waals surface area contributed by atoms with Crippen LogP contribution in [0.15, 0.2) is 42.5 Å². The first-order valence-electron chi connectivity index (χ1n) is 10.0. The Labute approximate surface area is 194 Å². The van der Waals surface area contributed by atoms with Crippen LogP contribution < -0.4 is 16.0 Å². The van der Waals surface area contributed by atoms with Gasteiger partial charge < -0.3 is 10.6 Å². The van der Waals surface area contributed by atoms with Gasteiger partial charge in [-0.15, -0.1) is 10.2 Å². The minimum atomic E-state index is -0.817. The molecule has 1 heterocycles. The van der Waals surface area contributed by atoms with Crippen LogP contribution in [-0.4, -0.2) is 28.2 Å². The van der Waals surface area contributed by atoms with E-state index >= 15 is 0 Å². The number of carbonyl (C=O) groups excluding carboxylic acids is 2. The summed E-state index contributed by atoms with van der Waals surface area (Å²) in [5, 5.41) is 17.1. The molecule has 0 aliphatic heterocycles. The molecule has 3 rings (SSSR count). The third-order valence-corrected chi connectivity index (χ3v) is 6.06. The van der Waals surface area contributed by atoms with E-state index in [1.54, 1.807) is 0 Å². The van der Waals surface area contributed by atoms with Crippen LogP contribution in [0.3, 0.4) is 0 Å². The first-order chi connectivity index (χ1) is 15.3. The molecule has 2 aromatic carbocycles. The van der Waals surface area contributed by atoms with Crippen LogP contribution in [0.25, 0.3) is 10.6 Å². The second kappa shape index (κ2) is 10.5. The van der Waals surface area contributed by atoms with E-state index in [1.807, 2.05) is 45.0 Å². The van der Waals surface area contributed by atoms with Crippen molar-refractivity contribution in [2.75, 3.05) is 10.6 Å². The third kappa shape index (κ3) is 6.02. The third-order valence-electron chi connectivity index (χ3n) is 4.88. The summed E-state index contributed by atoms with van der Waals surface area (Å²) in [6, 6.07) is 10.2. The number of hydrogen-bond acceptors (Lipinski definition) is 5. The summed E-state index contributed by atoms with van der Waals surface area (Å²) in [6.07, 6.45) is 0.658. The number of urea groups is 1. The minimum absolute atomic E-state index is 0.111. The number of rotatable bonds is 7. The highest BCUT2D eigenvalue weighted by Gasteiger charge is 2.27. The lowest BCUT2D eigenvalue weighted by molar-refractivity contribution is -0.119. The molecular weight excluding hydrogens is 453 g/mol. The molecule has 7 nitrogen and oxygen atoms in total. The molecule has 10 heteroatoms. The van der Waals surface area contributed by atoms with Gasteiger partial charge in [-0.25, -0.2) is 9.18 Å². The predicted molar refractivity (Wildman–Crippen MR) is 126 cm³/mol. The highest BCUT2D eigenvalue weighted by molar-refractivity contribution is 7.18. The SMILES string of the molecule is CC[C@H](C)[C@H](NC(=O)Nc1ccc(F)c(Cl)c1)C(=O)Nc1nnc(-c2cccc(C)c2)s1. The van der Waals surface area contributed by atoms with Crippen LogP contribution in [0.5, 0.6) is 0 Å². The molecule has 168 valence electrons. The lowest BCUT2D eigenvalue weighted by atomic mass is 9.98. The summed E-state index contributed by atoms with van der Waals surface area (Å²) < 4.78 is 13.3. The van der Waals surface area contributed by atoms with E-state index in [9.17, 15) is 14.0 Å². The van der Waals surface area contributed by atoms with Crippen molar-refractivity contribution < 1.29 is 14.0 Å². The maximum atomic E-state index is 13.3. The highest BCUT2D eigenvalue weighted by atomic mass is 35.5. The van der Waals surface area contributed by atoms with Crippen LogP contribution in [0.1, 0.15) is 25.8 Å². The summed E-state index contributed by atoms with van der Waals surface area (Å²) in [5.41, 5.74) is 2.32. The molecule has 0 aliphatic rings. The van der Waals surface area contributed by atoms with Crippen LogP contribution in [0.2, 0.25) is 5.02 Å². The van der Waals surface area contributed by atoms with Gasteiger partial charge >= 0.3 is 6.03 Å². The molecule has 32 heavy (non-hydrogen) atoms. The number of amides is 3.